The molecule has 2 aromatic carbocycles. The Morgan fingerprint density at radius 1 is 1.14 bits per heavy atom. The SMILES string of the molecule is C=C1CC(c2ccccc2-c2ccc(OC)cc2)OC1=O. The van der Waals surface area contributed by atoms with Crippen LogP contribution in [0.1, 0.15) is 18.1 Å². The minimum absolute atomic E-state index is 0.247. The maximum atomic E-state index is 11.6. The molecule has 1 saturated heterocycles. The summed E-state index contributed by atoms with van der Waals surface area (Å²) in [6, 6.07) is 15.8. The van der Waals surface area contributed by atoms with Crippen molar-refractivity contribution < 1.29 is 14.3 Å². The first kappa shape index (κ1) is 13.4. The molecule has 0 radical (unpaired) electrons. The van der Waals surface area contributed by atoms with E-state index in [2.05, 4.69) is 6.58 Å². The number of rotatable bonds is 3. The lowest BCUT2D eigenvalue weighted by molar-refractivity contribution is -0.139. The molecule has 3 rings (SSSR count). The third kappa shape index (κ3) is 2.55. The molecule has 0 bridgehead atoms. The highest BCUT2D eigenvalue weighted by Crippen LogP contribution is 2.37. The molecule has 0 saturated carbocycles. The zero-order valence-electron chi connectivity index (χ0n) is 11.8. The van der Waals surface area contributed by atoms with Gasteiger partial charge in [0.1, 0.15) is 11.9 Å². The number of cyclic esters (lactones) is 1. The molecule has 21 heavy (non-hydrogen) atoms. The molecule has 1 atom stereocenters. The summed E-state index contributed by atoms with van der Waals surface area (Å²) in [5.74, 6) is 0.515. The quantitative estimate of drug-likeness (QED) is 0.631. The van der Waals surface area contributed by atoms with Gasteiger partial charge in [-0.1, -0.05) is 43.0 Å². The van der Waals surface area contributed by atoms with Crippen molar-refractivity contribution in [2.75, 3.05) is 7.11 Å². The van der Waals surface area contributed by atoms with Crippen LogP contribution < -0.4 is 4.74 Å². The molecule has 0 amide bonds. The molecule has 1 aliphatic rings. The molecule has 0 aromatic heterocycles. The van der Waals surface area contributed by atoms with Crippen molar-refractivity contribution in [3.05, 3.63) is 66.2 Å². The summed E-state index contributed by atoms with van der Waals surface area (Å²) in [6.07, 6.45) is 0.301. The van der Waals surface area contributed by atoms with Crippen LogP contribution in [-0.2, 0) is 9.53 Å². The van der Waals surface area contributed by atoms with Crippen molar-refractivity contribution in [2.24, 2.45) is 0 Å². The second kappa shape index (κ2) is 5.44. The van der Waals surface area contributed by atoms with Crippen LogP contribution >= 0.6 is 0 Å². The molecule has 0 N–H and O–H groups in total. The van der Waals surface area contributed by atoms with Crippen LogP contribution in [0.4, 0.5) is 0 Å². The Balaban J connectivity index is 1.99. The lowest BCUT2D eigenvalue weighted by Gasteiger charge is -2.15. The lowest BCUT2D eigenvalue weighted by atomic mass is 9.94. The minimum Gasteiger partial charge on any atom is -0.497 e. The number of hydrogen-bond donors (Lipinski definition) is 0. The topological polar surface area (TPSA) is 35.5 Å². The normalized spacial score (nSPS) is 17.7. The third-order valence-electron chi connectivity index (χ3n) is 3.68. The van der Waals surface area contributed by atoms with Crippen LogP contribution in [0.25, 0.3) is 11.1 Å². The summed E-state index contributed by atoms with van der Waals surface area (Å²) in [5, 5.41) is 0. The van der Waals surface area contributed by atoms with Gasteiger partial charge in [-0.2, -0.15) is 0 Å². The fraction of sp³-hybridized carbons (Fsp3) is 0.167. The predicted octanol–water partition coefficient (Wildman–Crippen LogP) is 3.91. The molecular formula is C18H16O3. The summed E-state index contributed by atoms with van der Waals surface area (Å²) in [6.45, 7) is 3.74. The van der Waals surface area contributed by atoms with Crippen molar-refractivity contribution in [3.63, 3.8) is 0 Å². The Kier molecular flexibility index (Phi) is 3.48. The van der Waals surface area contributed by atoms with Crippen LogP contribution in [0.2, 0.25) is 0 Å². The highest BCUT2D eigenvalue weighted by Gasteiger charge is 2.30. The first-order chi connectivity index (χ1) is 10.2. The van der Waals surface area contributed by atoms with Crippen LogP contribution in [0.5, 0.6) is 5.75 Å². The summed E-state index contributed by atoms with van der Waals surface area (Å²) in [5.41, 5.74) is 3.67. The number of hydrogen-bond acceptors (Lipinski definition) is 3. The molecule has 3 heteroatoms. The first-order valence-corrected chi connectivity index (χ1v) is 6.81. The van der Waals surface area contributed by atoms with E-state index in [1.807, 2.05) is 48.5 Å². The van der Waals surface area contributed by atoms with E-state index in [0.717, 1.165) is 22.4 Å². The van der Waals surface area contributed by atoms with Gasteiger partial charge in [-0.25, -0.2) is 4.79 Å². The second-order valence-electron chi connectivity index (χ2n) is 5.02. The number of carbonyl (C=O) groups is 1. The van der Waals surface area contributed by atoms with E-state index in [1.165, 1.54) is 0 Å². The molecule has 1 heterocycles. The Morgan fingerprint density at radius 3 is 2.48 bits per heavy atom. The van der Waals surface area contributed by atoms with Gasteiger partial charge in [0.05, 0.1) is 7.11 Å². The van der Waals surface area contributed by atoms with E-state index in [4.69, 9.17) is 9.47 Å². The van der Waals surface area contributed by atoms with Gasteiger partial charge in [-0.05, 0) is 23.3 Å². The molecule has 1 unspecified atom stereocenters. The van der Waals surface area contributed by atoms with Gasteiger partial charge in [-0.3, -0.25) is 0 Å². The van der Waals surface area contributed by atoms with Crippen molar-refractivity contribution in [1.29, 1.82) is 0 Å². The monoisotopic (exact) mass is 280 g/mol. The predicted molar refractivity (Wildman–Crippen MR) is 81.0 cm³/mol. The van der Waals surface area contributed by atoms with Crippen molar-refractivity contribution in [3.8, 4) is 16.9 Å². The smallest absolute Gasteiger partial charge is 0.334 e. The lowest BCUT2D eigenvalue weighted by Crippen LogP contribution is -2.00. The van der Waals surface area contributed by atoms with Gasteiger partial charge in [0.2, 0.25) is 0 Å². The number of ether oxygens (including phenoxy) is 2. The molecule has 0 aliphatic carbocycles. The summed E-state index contributed by atoms with van der Waals surface area (Å²) < 4.78 is 10.6. The number of carbonyl (C=O) groups excluding carboxylic acids is 1. The maximum absolute atomic E-state index is 11.6. The Labute approximate surface area is 123 Å². The van der Waals surface area contributed by atoms with E-state index < -0.39 is 0 Å². The largest absolute Gasteiger partial charge is 0.497 e. The van der Waals surface area contributed by atoms with Gasteiger partial charge in [0.25, 0.3) is 0 Å². The summed E-state index contributed by atoms with van der Waals surface area (Å²) in [4.78, 5) is 11.6. The summed E-state index contributed by atoms with van der Waals surface area (Å²) >= 11 is 0. The average Bonchev–Trinajstić information content (AvgIpc) is 2.87. The van der Waals surface area contributed by atoms with Crippen LogP contribution in [0.15, 0.2) is 60.7 Å². The van der Waals surface area contributed by atoms with Crippen molar-refractivity contribution in [2.45, 2.75) is 12.5 Å². The second-order valence-corrected chi connectivity index (χ2v) is 5.02. The first-order valence-electron chi connectivity index (χ1n) is 6.81. The molecule has 1 aliphatic heterocycles. The Morgan fingerprint density at radius 2 is 1.86 bits per heavy atom. The Hall–Kier alpha value is -2.55. The van der Waals surface area contributed by atoms with E-state index in [1.54, 1.807) is 7.11 Å². The van der Waals surface area contributed by atoms with Crippen LogP contribution in [-0.4, -0.2) is 13.1 Å². The molecule has 2 aromatic rings. The fourth-order valence-corrected chi connectivity index (χ4v) is 2.55. The van der Waals surface area contributed by atoms with E-state index in [-0.39, 0.29) is 12.1 Å². The molecule has 3 nitrogen and oxygen atoms in total. The third-order valence-corrected chi connectivity index (χ3v) is 3.68. The van der Waals surface area contributed by atoms with E-state index in [0.29, 0.717) is 12.0 Å². The van der Waals surface area contributed by atoms with Crippen LogP contribution in [0.3, 0.4) is 0 Å². The van der Waals surface area contributed by atoms with Gasteiger partial charge in [0.15, 0.2) is 0 Å². The average molecular weight is 280 g/mol. The molecule has 106 valence electrons. The number of benzene rings is 2. The molecule has 0 spiro atoms. The van der Waals surface area contributed by atoms with Crippen LogP contribution in [0, 0.1) is 0 Å². The fourth-order valence-electron chi connectivity index (χ4n) is 2.55. The van der Waals surface area contributed by atoms with Gasteiger partial charge >= 0.3 is 5.97 Å². The number of esters is 1. The highest BCUT2D eigenvalue weighted by atomic mass is 16.5. The van der Waals surface area contributed by atoms with Gasteiger partial charge in [-0.15, -0.1) is 0 Å². The number of methoxy groups -OCH3 is 1. The van der Waals surface area contributed by atoms with Crippen molar-refractivity contribution >= 4 is 5.97 Å². The van der Waals surface area contributed by atoms with Crippen molar-refractivity contribution in [1.82, 2.24) is 0 Å². The van der Waals surface area contributed by atoms with Gasteiger partial charge in [0, 0.05) is 17.6 Å². The molecule has 1 fully saturated rings. The maximum Gasteiger partial charge on any atom is 0.334 e. The van der Waals surface area contributed by atoms with E-state index in [9.17, 15) is 4.79 Å². The highest BCUT2D eigenvalue weighted by molar-refractivity contribution is 5.90. The zero-order valence-corrected chi connectivity index (χ0v) is 11.8. The standard InChI is InChI=1S/C18H16O3/c1-12-11-17(21-18(12)19)16-6-4-3-5-15(16)13-7-9-14(20-2)10-8-13/h3-10,17H,1,11H2,2H3. The van der Waals surface area contributed by atoms with Gasteiger partial charge < -0.3 is 9.47 Å². The zero-order chi connectivity index (χ0) is 14.8. The minimum atomic E-state index is -0.301. The Bertz CT molecular complexity index is 670. The van der Waals surface area contributed by atoms with E-state index >= 15 is 0 Å². The summed E-state index contributed by atoms with van der Waals surface area (Å²) in [7, 11) is 1.65. The molecular weight excluding hydrogens is 264 g/mol.